The second-order valence-electron chi connectivity index (χ2n) is 6.72. The summed E-state index contributed by atoms with van der Waals surface area (Å²) in [5.41, 5.74) is -1.12. The van der Waals surface area contributed by atoms with Crippen molar-refractivity contribution in [2.75, 3.05) is 4.90 Å². The zero-order valence-corrected chi connectivity index (χ0v) is 15.7. The third-order valence-corrected chi connectivity index (χ3v) is 4.94. The molecule has 0 saturated carbocycles. The van der Waals surface area contributed by atoms with Crippen LogP contribution >= 0.6 is 0 Å². The lowest BCUT2D eigenvalue weighted by Gasteiger charge is -2.25. The topological polar surface area (TPSA) is 79.2 Å². The summed E-state index contributed by atoms with van der Waals surface area (Å²) in [7, 11) is 0. The highest BCUT2D eigenvalue weighted by atomic mass is 19.1. The molecule has 0 radical (unpaired) electrons. The summed E-state index contributed by atoms with van der Waals surface area (Å²) in [5, 5.41) is 11.8. The maximum Gasteiger partial charge on any atom is 0.340 e. The van der Waals surface area contributed by atoms with E-state index in [1.807, 2.05) is 30.3 Å². The summed E-state index contributed by atoms with van der Waals surface area (Å²) in [5.74, 6) is -3.29. The number of halogens is 1. The number of rotatable bonds is 5. The van der Waals surface area contributed by atoms with Gasteiger partial charge in [0.25, 0.3) is 17.5 Å². The van der Waals surface area contributed by atoms with E-state index in [2.05, 4.69) is 5.16 Å². The van der Waals surface area contributed by atoms with Crippen LogP contribution in [0.4, 0.5) is 10.1 Å². The Morgan fingerprint density at radius 3 is 2.23 bits per heavy atom. The van der Waals surface area contributed by atoms with E-state index < -0.39 is 23.4 Å². The molecule has 6 nitrogen and oxygen atoms in total. The van der Waals surface area contributed by atoms with Gasteiger partial charge in [0.15, 0.2) is 0 Å². The van der Waals surface area contributed by atoms with Crippen LogP contribution in [0.1, 0.15) is 21.5 Å². The van der Waals surface area contributed by atoms with Gasteiger partial charge in [0, 0.05) is 5.56 Å². The average Bonchev–Trinajstić information content (AvgIpc) is 3.03. The Morgan fingerprint density at radius 2 is 1.57 bits per heavy atom. The fourth-order valence-electron chi connectivity index (χ4n) is 3.53. The average molecular weight is 404 g/mol. The summed E-state index contributed by atoms with van der Waals surface area (Å²) in [6, 6.07) is 23.4. The summed E-state index contributed by atoms with van der Waals surface area (Å²) < 4.78 is 20.4. The predicted molar refractivity (Wildman–Crippen MR) is 108 cm³/mol. The standard InChI is InChI=1S/C23H17FN2O4/c24-21(25-29)23(30-20(27)17-11-5-2-6-12-17)18-13-7-8-14-19(18)26(22(23)28)15-16-9-3-1-4-10-16/h1-14,29H,15H2/b25-21-/t23-/m0/s1. The van der Waals surface area contributed by atoms with Gasteiger partial charge < -0.3 is 14.8 Å². The number of carbonyl (C=O) groups excluding carboxylic acids is 2. The molecular formula is C23H17FN2O4. The number of benzene rings is 3. The van der Waals surface area contributed by atoms with E-state index in [1.54, 1.807) is 36.4 Å². The molecule has 1 aliphatic heterocycles. The van der Waals surface area contributed by atoms with Crippen molar-refractivity contribution in [3.63, 3.8) is 0 Å². The maximum atomic E-state index is 15.0. The Kier molecular flexibility index (Phi) is 5.02. The van der Waals surface area contributed by atoms with Gasteiger partial charge in [0.05, 0.1) is 17.8 Å². The van der Waals surface area contributed by atoms with Gasteiger partial charge in [0.1, 0.15) is 0 Å². The highest BCUT2D eigenvalue weighted by Gasteiger charge is 2.59. The number of anilines is 1. The van der Waals surface area contributed by atoms with Gasteiger partial charge in [-0.2, -0.15) is 4.39 Å². The van der Waals surface area contributed by atoms with Gasteiger partial charge in [-0.05, 0) is 23.8 Å². The second-order valence-corrected chi connectivity index (χ2v) is 6.72. The van der Waals surface area contributed by atoms with Crippen LogP contribution in [-0.2, 0) is 21.7 Å². The minimum Gasteiger partial charge on any atom is -0.431 e. The van der Waals surface area contributed by atoms with Crippen molar-refractivity contribution in [1.29, 1.82) is 0 Å². The van der Waals surface area contributed by atoms with Crippen LogP contribution in [-0.4, -0.2) is 23.0 Å². The molecule has 0 aromatic heterocycles. The highest BCUT2D eigenvalue weighted by Crippen LogP contribution is 2.45. The number of nitrogens with zero attached hydrogens (tertiary/aromatic N) is 2. The molecule has 1 heterocycles. The van der Waals surface area contributed by atoms with E-state index in [9.17, 15) is 19.2 Å². The number of carbonyl (C=O) groups is 2. The number of hydrogen-bond donors (Lipinski definition) is 1. The third-order valence-electron chi connectivity index (χ3n) is 4.94. The lowest BCUT2D eigenvalue weighted by Crippen LogP contribution is -2.48. The lowest BCUT2D eigenvalue weighted by molar-refractivity contribution is -0.131. The van der Waals surface area contributed by atoms with Crippen molar-refractivity contribution in [2.24, 2.45) is 5.16 Å². The molecule has 0 bridgehead atoms. The van der Waals surface area contributed by atoms with Crippen LogP contribution in [0.2, 0.25) is 0 Å². The molecule has 3 aromatic rings. The van der Waals surface area contributed by atoms with E-state index in [4.69, 9.17) is 4.74 Å². The summed E-state index contributed by atoms with van der Waals surface area (Å²) >= 11 is 0. The molecule has 150 valence electrons. The molecule has 0 saturated heterocycles. The smallest absolute Gasteiger partial charge is 0.340 e. The number of oxime groups is 1. The molecule has 0 spiro atoms. The Balaban J connectivity index is 1.82. The summed E-state index contributed by atoms with van der Waals surface area (Å²) in [4.78, 5) is 27.5. The van der Waals surface area contributed by atoms with Crippen LogP contribution in [0.15, 0.2) is 90.1 Å². The number of para-hydroxylation sites is 1. The molecule has 0 unspecified atom stereocenters. The van der Waals surface area contributed by atoms with E-state index >= 15 is 0 Å². The van der Waals surface area contributed by atoms with Crippen LogP contribution in [0, 0.1) is 0 Å². The van der Waals surface area contributed by atoms with Crippen molar-refractivity contribution in [3.8, 4) is 0 Å². The number of esters is 1. The van der Waals surface area contributed by atoms with Gasteiger partial charge in [-0.1, -0.05) is 71.9 Å². The van der Waals surface area contributed by atoms with E-state index in [0.29, 0.717) is 5.69 Å². The Hall–Kier alpha value is -4.00. The zero-order valence-electron chi connectivity index (χ0n) is 15.7. The zero-order chi connectivity index (χ0) is 21.1. The minimum absolute atomic E-state index is 0.0884. The molecule has 1 aliphatic rings. The molecular weight excluding hydrogens is 387 g/mol. The van der Waals surface area contributed by atoms with Crippen LogP contribution in [0.5, 0.6) is 0 Å². The second kappa shape index (κ2) is 7.79. The Morgan fingerprint density at radius 1 is 0.967 bits per heavy atom. The van der Waals surface area contributed by atoms with Gasteiger partial charge in [-0.3, -0.25) is 4.79 Å². The predicted octanol–water partition coefficient (Wildman–Crippen LogP) is 4.04. The molecule has 0 fully saturated rings. The first kappa shape index (κ1) is 19.3. The van der Waals surface area contributed by atoms with Crippen LogP contribution < -0.4 is 4.90 Å². The quantitative estimate of drug-likeness (QED) is 0.301. The van der Waals surface area contributed by atoms with Crippen molar-refractivity contribution >= 4 is 23.5 Å². The van der Waals surface area contributed by atoms with Crippen molar-refractivity contribution in [3.05, 3.63) is 102 Å². The molecule has 0 aliphatic carbocycles. The monoisotopic (exact) mass is 404 g/mol. The first-order valence-electron chi connectivity index (χ1n) is 9.19. The Labute approximate surface area is 171 Å². The summed E-state index contributed by atoms with van der Waals surface area (Å²) in [6.45, 7) is 0.125. The largest absolute Gasteiger partial charge is 0.431 e. The normalized spacial score (nSPS) is 18.2. The first-order chi connectivity index (χ1) is 14.6. The van der Waals surface area contributed by atoms with Crippen molar-refractivity contribution < 1.29 is 23.9 Å². The van der Waals surface area contributed by atoms with Gasteiger partial charge >= 0.3 is 5.97 Å². The van der Waals surface area contributed by atoms with E-state index in [1.165, 1.54) is 23.1 Å². The SMILES string of the molecule is O=C(O[C@@]1(/C(F)=N/O)C(=O)N(Cc2ccccc2)c2ccccc21)c1ccccc1. The number of fused-ring (bicyclic) bond motifs is 1. The molecule has 1 N–H and O–H groups in total. The number of amides is 1. The molecule has 30 heavy (non-hydrogen) atoms. The van der Waals surface area contributed by atoms with Crippen molar-refractivity contribution in [2.45, 2.75) is 12.1 Å². The fourth-order valence-corrected chi connectivity index (χ4v) is 3.53. The maximum absolute atomic E-state index is 15.0. The molecule has 7 heteroatoms. The highest BCUT2D eigenvalue weighted by molar-refractivity contribution is 6.21. The van der Waals surface area contributed by atoms with Crippen molar-refractivity contribution in [1.82, 2.24) is 0 Å². The lowest BCUT2D eigenvalue weighted by atomic mass is 9.95. The molecule has 1 atom stereocenters. The minimum atomic E-state index is -2.51. The third kappa shape index (κ3) is 3.10. The first-order valence-corrected chi connectivity index (χ1v) is 9.19. The molecule has 3 aromatic carbocycles. The van der Waals surface area contributed by atoms with E-state index in [0.717, 1.165) is 5.56 Å². The molecule has 4 rings (SSSR count). The molecule has 1 amide bonds. The summed E-state index contributed by atoms with van der Waals surface area (Å²) in [6.07, 6.45) is 0. The fraction of sp³-hybridized carbons (Fsp3) is 0.0870. The number of ether oxygens (including phenoxy) is 1. The van der Waals surface area contributed by atoms with Crippen LogP contribution in [0.25, 0.3) is 0 Å². The van der Waals surface area contributed by atoms with Gasteiger partial charge in [-0.25, -0.2) is 4.79 Å². The van der Waals surface area contributed by atoms with E-state index in [-0.39, 0.29) is 17.7 Å². The van der Waals surface area contributed by atoms with Crippen LogP contribution in [0.3, 0.4) is 0 Å². The van der Waals surface area contributed by atoms with Gasteiger partial charge in [0.2, 0.25) is 0 Å². The van der Waals surface area contributed by atoms with Gasteiger partial charge in [-0.15, -0.1) is 0 Å². The number of hydrogen-bond acceptors (Lipinski definition) is 5. The Bertz CT molecular complexity index is 1120.